The zero-order valence-electron chi connectivity index (χ0n) is 18.9. The van der Waals surface area contributed by atoms with Crippen LogP contribution in [-0.2, 0) is 9.59 Å². The molecule has 1 aliphatic heterocycles. The van der Waals surface area contributed by atoms with E-state index in [0.717, 1.165) is 62.2 Å². The van der Waals surface area contributed by atoms with Crippen molar-refractivity contribution in [2.45, 2.75) is 91.1 Å². The molecule has 5 heteroatoms. The Bertz CT molecular complexity index is 725. The summed E-state index contributed by atoms with van der Waals surface area (Å²) in [6.07, 6.45) is 10.8. The van der Waals surface area contributed by atoms with E-state index in [1.807, 2.05) is 23.1 Å². The zero-order valence-corrected chi connectivity index (χ0v) is 18.9. The molecule has 5 nitrogen and oxygen atoms in total. The Kier molecular flexibility index (Phi) is 8.17. The van der Waals surface area contributed by atoms with Gasteiger partial charge in [-0.05, 0) is 63.1 Å². The number of nitrogens with zero attached hydrogens (tertiary/aromatic N) is 1. The van der Waals surface area contributed by atoms with Gasteiger partial charge in [0, 0.05) is 18.2 Å². The van der Waals surface area contributed by atoms with Crippen LogP contribution in [0.4, 0.5) is 11.4 Å². The fourth-order valence-corrected chi connectivity index (χ4v) is 4.69. The molecule has 2 aliphatic rings. The van der Waals surface area contributed by atoms with Crippen molar-refractivity contribution in [2.75, 3.05) is 16.8 Å². The summed E-state index contributed by atoms with van der Waals surface area (Å²) in [5.74, 6) is 1.70. The van der Waals surface area contributed by atoms with E-state index >= 15 is 0 Å². The van der Waals surface area contributed by atoms with E-state index < -0.39 is 6.10 Å². The molecule has 1 aromatic rings. The van der Waals surface area contributed by atoms with Crippen LogP contribution in [0.3, 0.4) is 0 Å². The van der Waals surface area contributed by atoms with Crippen molar-refractivity contribution >= 4 is 23.2 Å². The number of carbonyl (C=O) groups excluding carboxylic acids is 2. The van der Waals surface area contributed by atoms with E-state index in [-0.39, 0.29) is 17.7 Å². The molecule has 166 valence electrons. The van der Waals surface area contributed by atoms with Gasteiger partial charge in [0.15, 0.2) is 6.10 Å². The van der Waals surface area contributed by atoms with Crippen molar-refractivity contribution in [1.29, 1.82) is 0 Å². The van der Waals surface area contributed by atoms with Crippen LogP contribution in [0.15, 0.2) is 18.2 Å². The van der Waals surface area contributed by atoms with Crippen LogP contribution in [0.25, 0.3) is 0 Å². The number of amides is 2. The monoisotopic (exact) mass is 414 g/mol. The fourth-order valence-electron chi connectivity index (χ4n) is 4.69. The topological polar surface area (TPSA) is 58.6 Å². The molecule has 1 atom stereocenters. The van der Waals surface area contributed by atoms with Crippen LogP contribution >= 0.6 is 0 Å². The highest BCUT2D eigenvalue weighted by Gasteiger charge is 2.32. The SMILES string of the molecule is CCCCCN1C(=O)C(C)Oc2ccc(NC(=O)C3CCC(CCCC)CC3)cc21. The van der Waals surface area contributed by atoms with Crippen molar-refractivity contribution in [1.82, 2.24) is 0 Å². The molecule has 2 amide bonds. The quantitative estimate of drug-likeness (QED) is 0.510. The van der Waals surface area contributed by atoms with E-state index in [9.17, 15) is 9.59 Å². The second kappa shape index (κ2) is 10.8. The second-order valence-electron chi connectivity index (χ2n) is 8.99. The van der Waals surface area contributed by atoms with Crippen LogP contribution in [0, 0.1) is 11.8 Å². The minimum Gasteiger partial charge on any atom is -0.479 e. The fraction of sp³-hybridized carbons (Fsp3) is 0.680. The molecule has 1 N–H and O–H groups in total. The average Bonchev–Trinajstić information content (AvgIpc) is 2.75. The molecule has 30 heavy (non-hydrogen) atoms. The summed E-state index contributed by atoms with van der Waals surface area (Å²) in [5.41, 5.74) is 1.52. The molecular weight excluding hydrogens is 376 g/mol. The van der Waals surface area contributed by atoms with Crippen LogP contribution in [-0.4, -0.2) is 24.5 Å². The van der Waals surface area contributed by atoms with Gasteiger partial charge in [0.05, 0.1) is 5.69 Å². The van der Waals surface area contributed by atoms with Gasteiger partial charge in [-0.15, -0.1) is 0 Å². The summed E-state index contributed by atoms with van der Waals surface area (Å²) in [6.45, 7) is 6.88. The predicted octanol–water partition coefficient (Wildman–Crippen LogP) is 5.93. The Hall–Kier alpha value is -2.04. The van der Waals surface area contributed by atoms with Crippen molar-refractivity contribution in [3.05, 3.63) is 18.2 Å². The lowest BCUT2D eigenvalue weighted by Crippen LogP contribution is -2.44. The number of rotatable bonds is 9. The minimum absolute atomic E-state index is 0.00696. The summed E-state index contributed by atoms with van der Waals surface area (Å²) < 4.78 is 5.80. The lowest BCUT2D eigenvalue weighted by molar-refractivity contribution is -0.125. The van der Waals surface area contributed by atoms with E-state index in [0.29, 0.717) is 12.3 Å². The van der Waals surface area contributed by atoms with Gasteiger partial charge in [-0.25, -0.2) is 0 Å². The summed E-state index contributed by atoms with van der Waals surface area (Å²) in [5, 5.41) is 3.10. The first kappa shape index (κ1) is 22.6. The first-order valence-corrected chi connectivity index (χ1v) is 12.0. The molecule has 0 spiro atoms. The van der Waals surface area contributed by atoms with Crippen molar-refractivity contribution in [2.24, 2.45) is 11.8 Å². The normalized spacial score (nSPS) is 23.6. The third kappa shape index (κ3) is 5.55. The number of hydrogen-bond acceptors (Lipinski definition) is 3. The molecule has 0 aromatic heterocycles. The Morgan fingerprint density at radius 3 is 2.53 bits per heavy atom. The predicted molar refractivity (Wildman–Crippen MR) is 122 cm³/mol. The summed E-state index contributed by atoms with van der Waals surface area (Å²) in [4.78, 5) is 27.4. The third-order valence-electron chi connectivity index (χ3n) is 6.60. The molecule has 1 saturated carbocycles. The van der Waals surface area contributed by atoms with Gasteiger partial charge in [0.25, 0.3) is 5.91 Å². The van der Waals surface area contributed by atoms with Gasteiger partial charge in [0.2, 0.25) is 5.91 Å². The highest BCUT2D eigenvalue weighted by Crippen LogP contribution is 2.37. The highest BCUT2D eigenvalue weighted by atomic mass is 16.5. The number of carbonyl (C=O) groups is 2. The number of nitrogens with one attached hydrogen (secondary N) is 1. The summed E-state index contributed by atoms with van der Waals surface area (Å²) in [6, 6.07) is 5.66. The molecule has 0 radical (unpaired) electrons. The van der Waals surface area contributed by atoms with Gasteiger partial charge in [-0.2, -0.15) is 0 Å². The molecule has 0 saturated heterocycles. The molecule has 1 aliphatic carbocycles. The number of anilines is 2. The van der Waals surface area contributed by atoms with E-state index in [1.54, 1.807) is 6.92 Å². The van der Waals surface area contributed by atoms with E-state index in [2.05, 4.69) is 19.2 Å². The first-order chi connectivity index (χ1) is 14.5. The first-order valence-electron chi connectivity index (χ1n) is 12.0. The van der Waals surface area contributed by atoms with Crippen LogP contribution in [0.2, 0.25) is 0 Å². The molecule has 3 rings (SSSR count). The van der Waals surface area contributed by atoms with E-state index in [1.165, 1.54) is 19.3 Å². The molecular formula is C25H38N2O3. The summed E-state index contributed by atoms with van der Waals surface area (Å²) in [7, 11) is 0. The highest BCUT2D eigenvalue weighted by molar-refractivity contribution is 6.01. The summed E-state index contributed by atoms with van der Waals surface area (Å²) >= 11 is 0. The van der Waals surface area contributed by atoms with Gasteiger partial charge < -0.3 is 15.0 Å². The second-order valence-corrected chi connectivity index (χ2v) is 8.99. The molecule has 1 unspecified atom stereocenters. The molecule has 1 aromatic carbocycles. The van der Waals surface area contributed by atoms with E-state index in [4.69, 9.17) is 4.74 Å². The number of hydrogen-bond donors (Lipinski definition) is 1. The lowest BCUT2D eigenvalue weighted by Gasteiger charge is -2.33. The maximum atomic E-state index is 12.8. The van der Waals surface area contributed by atoms with Gasteiger partial charge >= 0.3 is 0 Å². The largest absolute Gasteiger partial charge is 0.479 e. The number of ether oxygens (including phenoxy) is 1. The van der Waals surface area contributed by atoms with Crippen molar-refractivity contribution in [3.63, 3.8) is 0 Å². The van der Waals surface area contributed by atoms with Gasteiger partial charge in [-0.1, -0.05) is 46.0 Å². The Balaban J connectivity index is 1.64. The number of benzene rings is 1. The van der Waals surface area contributed by atoms with Gasteiger partial charge in [0.1, 0.15) is 5.75 Å². The molecule has 1 heterocycles. The average molecular weight is 415 g/mol. The van der Waals surface area contributed by atoms with Crippen LogP contribution in [0.1, 0.15) is 85.0 Å². The molecule has 1 fully saturated rings. The maximum absolute atomic E-state index is 12.8. The smallest absolute Gasteiger partial charge is 0.267 e. The van der Waals surface area contributed by atoms with Gasteiger partial charge in [-0.3, -0.25) is 9.59 Å². The zero-order chi connectivity index (χ0) is 21.5. The lowest BCUT2D eigenvalue weighted by atomic mass is 9.79. The van der Waals surface area contributed by atoms with Crippen LogP contribution < -0.4 is 15.0 Å². The molecule has 0 bridgehead atoms. The maximum Gasteiger partial charge on any atom is 0.267 e. The Labute approximate surface area is 181 Å². The van der Waals surface area contributed by atoms with Crippen LogP contribution in [0.5, 0.6) is 5.75 Å². The van der Waals surface area contributed by atoms with Crippen molar-refractivity contribution < 1.29 is 14.3 Å². The standard InChI is InChI=1S/C25H38N2O3/c1-4-6-8-16-27-22-17-21(14-15-23(22)30-18(3)25(27)29)26-24(28)20-12-10-19(11-13-20)9-7-5-2/h14-15,17-20H,4-13,16H2,1-3H3,(H,26,28). The minimum atomic E-state index is -0.470. The van der Waals surface area contributed by atoms with Crippen molar-refractivity contribution in [3.8, 4) is 5.75 Å². The Morgan fingerprint density at radius 1 is 1.10 bits per heavy atom. The number of fused-ring (bicyclic) bond motifs is 1. The number of unbranched alkanes of at least 4 members (excludes halogenated alkanes) is 3. The Morgan fingerprint density at radius 2 is 1.83 bits per heavy atom. The third-order valence-corrected chi connectivity index (χ3v) is 6.60.